The number of nitrogens with zero attached hydrogens (tertiary/aromatic N) is 2. The van der Waals surface area contributed by atoms with E-state index in [4.69, 9.17) is 9.47 Å². The summed E-state index contributed by atoms with van der Waals surface area (Å²) in [6, 6.07) is 9.74. The second-order valence-corrected chi connectivity index (χ2v) is 9.99. The van der Waals surface area contributed by atoms with E-state index < -0.39 is 11.1 Å². The molecule has 0 bridgehead atoms. The van der Waals surface area contributed by atoms with E-state index in [1.807, 2.05) is 71.9 Å². The molecule has 1 fully saturated rings. The van der Waals surface area contributed by atoms with Crippen LogP contribution >= 0.6 is 0 Å². The summed E-state index contributed by atoms with van der Waals surface area (Å²) in [5, 5.41) is 0. The van der Waals surface area contributed by atoms with E-state index in [1.165, 1.54) is 0 Å². The normalized spacial score (nSPS) is 15.4. The van der Waals surface area contributed by atoms with Crippen molar-refractivity contribution in [3.63, 3.8) is 0 Å². The highest BCUT2D eigenvalue weighted by Gasteiger charge is 2.32. The van der Waals surface area contributed by atoms with E-state index in [-0.39, 0.29) is 30.5 Å². The highest BCUT2D eigenvalue weighted by atomic mass is 16.6. The molecule has 0 aromatic heterocycles. The van der Waals surface area contributed by atoms with Crippen LogP contribution in [0.3, 0.4) is 0 Å². The lowest BCUT2D eigenvalue weighted by Crippen LogP contribution is -2.47. The van der Waals surface area contributed by atoms with Gasteiger partial charge >= 0.3 is 12.1 Å². The van der Waals surface area contributed by atoms with E-state index in [1.54, 1.807) is 9.80 Å². The Morgan fingerprint density at radius 3 is 2.10 bits per heavy atom. The molecular formula is C24H36N2O5. The standard InChI is InChI=1S/C24H36N2O5/c1-23(2,3)26(16-18-10-8-7-9-11-18)20(27)17-30-21(28)19-12-14-25(15-13-19)22(29)31-24(4,5)6/h7-11,19H,12-17H2,1-6H3. The molecule has 7 nitrogen and oxygen atoms in total. The number of hydrogen-bond donors (Lipinski definition) is 0. The molecule has 172 valence electrons. The van der Waals surface area contributed by atoms with Crippen molar-refractivity contribution in [2.75, 3.05) is 19.7 Å². The fraction of sp³-hybridized carbons (Fsp3) is 0.625. The average molecular weight is 433 g/mol. The van der Waals surface area contributed by atoms with Gasteiger partial charge in [0.2, 0.25) is 0 Å². The SMILES string of the molecule is CC(C)(C)OC(=O)N1CCC(C(=O)OCC(=O)N(Cc2ccccc2)C(C)(C)C)CC1. The molecule has 1 heterocycles. The van der Waals surface area contributed by atoms with Crippen LogP contribution in [-0.4, -0.2) is 58.6 Å². The highest BCUT2D eigenvalue weighted by Crippen LogP contribution is 2.22. The Balaban J connectivity index is 1.85. The number of rotatable bonds is 5. The Bertz CT molecular complexity index is 756. The summed E-state index contributed by atoms with van der Waals surface area (Å²) in [4.78, 5) is 40.8. The Morgan fingerprint density at radius 2 is 1.58 bits per heavy atom. The van der Waals surface area contributed by atoms with Crippen LogP contribution in [0.2, 0.25) is 0 Å². The molecule has 1 aliphatic heterocycles. The molecule has 1 saturated heterocycles. The van der Waals surface area contributed by atoms with Gasteiger partial charge in [-0.25, -0.2) is 4.79 Å². The quantitative estimate of drug-likeness (QED) is 0.657. The first kappa shape index (κ1) is 24.7. The molecule has 0 radical (unpaired) electrons. The first-order valence-electron chi connectivity index (χ1n) is 10.9. The van der Waals surface area contributed by atoms with E-state index in [9.17, 15) is 14.4 Å². The maximum Gasteiger partial charge on any atom is 0.410 e. The smallest absolute Gasteiger partial charge is 0.410 e. The first-order chi connectivity index (χ1) is 14.4. The number of piperidine rings is 1. The van der Waals surface area contributed by atoms with Crippen molar-refractivity contribution >= 4 is 18.0 Å². The molecule has 0 saturated carbocycles. The monoisotopic (exact) mass is 432 g/mol. The second-order valence-electron chi connectivity index (χ2n) is 9.99. The lowest BCUT2D eigenvalue weighted by molar-refractivity contribution is -0.158. The molecule has 0 unspecified atom stereocenters. The third kappa shape index (κ3) is 7.89. The van der Waals surface area contributed by atoms with Gasteiger partial charge in [-0.15, -0.1) is 0 Å². The summed E-state index contributed by atoms with van der Waals surface area (Å²) in [7, 11) is 0. The zero-order valence-corrected chi connectivity index (χ0v) is 19.6. The van der Waals surface area contributed by atoms with Gasteiger partial charge in [-0.2, -0.15) is 0 Å². The van der Waals surface area contributed by atoms with Gasteiger partial charge in [0.25, 0.3) is 5.91 Å². The number of carbonyl (C=O) groups excluding carboxylic acids is 3. The van der Waals surface area contributed by atoms with E-state index in [2.05, 4.69) is 0 Å². The zero-order valence-electron chi connectivity index (χ0n) is 19.6. The van der Waals surface area contributed by atoms with Crippen LogP contribution < -0.4 is 0 Å². The predicted octanol–water partition coefficient (Wildman–Crippen LogP) is 4.00. The fourth-order valence-corrected chi connectivity index (χ4v) is 3.42. The number of benzene rings is 1. The number of amides is 2. The summed E-state index contributed by atoms with van der Waals surface area (Å²) in [5.41, 5.74) is 0.0656. The van der Waals surface area contributed by atoms with Gasteiger partial charge < -0.3 is 19.3 Å². The van der Waals surface area contributed by atoms with Crippen LogP contribution in [0, 0.1) is 5.92 Å². The van der Waals surface area contributed by atoms with Crippen molar-refractivity contribution in [1.82, 2.24) is 9.80 Å². The van der Waals surface area contributed by atoms with Gasteiger partial charge in [0, 0.05) is 25.2 Å². The van der Waals surface area contributed by atoms with Gasteiger partial charge in [0.1, 0.15) is 5.60 Å². The molecule has 0 aliphatic carbocycles. The van der Waals surface area contributed by atoms with Crippen molar-refractivity contribution in [1.29, 1.82) is 0 Å². The number of esters is 1. The molecule has 2 rings (SSSR count). The van der Waals surface area contributed by atoms with Crippen molar-refractivity contribution in [3.05, 3.63) is 35.9 Å². The van der Waals surface area contributed by atoms with Gasteiger partial charge in [-0.1, -0.05) is 30.3 Å². The molecule has 1 aliphatic rings. The average Bonchev–Trinajstić information content (AvgIpc) is 2.68. The van der Waals surface area contributed by atoms with Crippen molar-refractivity contribution in [2.45, 2.75) is 72.1 Å². The molecule has 0 spiro atoms. The maximum absolute atomic E-state index is 12.8. The van der Waals surface area contributed by atoms with Gasteiger partial charge in [-0.05, 0) is 59.9 Å². The Morgan fingerprint density at radius 1 is 1.00 bits per heavy atom. The topological polar surface area (TPSA) is 76.1 Å². The summed E-state index contributed by atoms with van der Waals surface area (Å²) < 4.78 is 10.7. The van der Waals surface area contributed by atoms with Crippen LogP contribution in [0.25, 0.3) is 0 Å². The first-order valence-corrected chi connectivity index (χ1v) is 10.9. The zero-order chi connectivity index (χ0) is 23.2. The minimum atomic E-state index is -0.550. The van der Waals surface area contributed by atoms with E-state index in [0.717, 1.165) is 5.56 Å². The summed E-state index contributed by atoms with van der Waals surface area (Å²) in [6.45, 7) is 12.4. The molecule has 2 amide bonds. The molecule has 7 heteroatoms. The number of hydrogen-bond acceptors (Lipinski definition) is 5. The Hall–Kier alpha value is -2.57. The van der Waals surface area contributed by atoms with Gasteiger partial charge in [0.05, 0.1) is 5.92 Å². The summed E-state index contributed by atoms with van der Waals surface area (Å²) >= 11 is 0. The third-order valence-corrected chi connectivity index (χ3v) is 5.11. The highest BCUT2D eigenvalue weighted by molar-refractivity contribution is 5.82. The lowest BCUT2D eigenvalue weighted by Gasteiger charge is -2.36. The van der Waals surface area contributed by atoms with E-state index in [0.29, 0.717) is 32.5 Å². The molecule has 0 N–H and O–H groups in total. The molecular weight excluding hydrogens is 396 g/mol. The third-order valence-electron chi connectivity index (χ3n) is 5.11. The van der Waals surface area contributed by atoms with Crippen LogP contribution in [0.1, 0.15) is 59.9 Å². The lowest BCUT2D eigenvalue weighted by atomic mass is 9.97. The van der Waals surface area contributed by atoms with Crippen LogP contribution in [0.5, 0.6) is 0 Å². The minimum Gasteiger partial charge on any atom is -0.455 e. The van der Waals surface area contributed by atoms with Crippen LogP contribution in [0.4, 0.5) is 4.79 Å². The number of likely N-dealkylation sites (tertiary alicyclic amines) is 1. The maximum atomic E-state index is 12.8. The van der Waals surface area contributed by atoms with Gasteiger partial charge in [-0.3, -0.25) is 9.59 Å². The summed E-state index contributed by atoms with van der Waals surface area (Å²) in [5.74, 6) is -0.926. The van der Waals surface area contributed by atoms with Crippen LogP contribution in [0.15, 0.2) is 30.3 Å². The fourth-order valence-electron chi connectivity index (χ4n) is 3.42. The van der Waals surface area contributed by atoms with Crippen molar-refractivity contribution in [3.8, 4) is 0 Å². The van der Waals surface area contributed by atoms with E-state index >= 15 is 0 Å². The predicted molar refractivity (Wildman–Crippen MR) is 118 cm³/mol. The minimum absolute atomic E-state index is 0.226. The Kier molecular flexibility index (Phi) is 8.09. The summed E-state index contributed by atoms with van der Waals surface area (Å²) in [6.07, 6.45) is 0.634. The second kappa shape index (κ2) is 10.2. The molecule has 1 aromatic rings. The van der Waals surface area contributed by atoms with Crippen molar-refractivity contribution < 1.29 is 23.9 Å². The Labute approximate surface area is 185 Å². The van der Waals surface area contributed by atoms with Gasteiger partial charge in [0.15, 0.2) is 6.61 Å². The van der Waals surface area contributed by atoms with Crippen molar-refractivity contribution in [2.24, 2.45) is 5.92 Å². The molecule has 1 aromatic carbocycles. The number of carbonyl (C=O) groups is 3. The molecule has 31 heavy (non-hydrogen) atoms. The number of ether oxygens (including phenoxy) is 2. The molecule has 0 atom stereocenters. The largest absolute Gasteiger partial charge is 0.455 e. The van der Waals surface area contributed by atoms with Crippen LogP contribution in [-0.2, 0) is 25.6 Å².